The normalized spacial score (nSPS) is 13.8. The van der Waals surface area contributed by atoms with Crippen LogP contribution in [0, 0.1) is 11.8 Å². The minimum absolute atomic E-state index is 0.598. The van der Waals surface area contributed by atoms with Gasteiger partial charge in [0, 0.05) is 34.5 Å². The summed E-state index contributed by atoms with van der Waals surface area (Å²) in [7, 11) is 0. The summed E-state index contributed by atoms with van der Waals surface area (Å²) in [5.74, 6) is 6.88. The highest BCUT2D eigenvalue weighted by molar-refractivity contribution is 6.30. The smallest absolute Gasteiger partial charge is 0.128 e. The minimum Gasteiger partial charge on any atom is -0.492 e. The molecule has 0 unspecified atom stereocenters. The molecule has 32 heavy (non-hydrogen) atoms. The van der Waals surface area contributed by atoms with E-state index in [-0.39, 0.29) is 0 Å². The van der Waals surface area contributed by atoms with Crippen LogP contribution in [0.3, 0.4) is 0 Å². The number of likely N-dealkylation sites (tertiary alicyclic amines) is 1. The van der Waals surface area contributed by atoms with Crippen LogP contribution in [0.4, 0.5) is 0 Å². The maximum Gasteiger partial charge on any atom is 0.128 e. The standard InChI is InChI=1S/C26H24ClN3O2/c27-24-8-5-21(6-9-24)22-7-11-25(28-18-22)10-3-20-4-12-26(23(17-20)19-29-31)32-16-15-30-13-1-2-14-30/h4-9,11-12,17-19,31H,1-2,13-16H2/b29-19+. The highest BCUT2D eigenvalue weighted by atomic mass is 35.5. The summed E-state index contributed by atoms with van der Waals surface area (Å²) in [5.41, 5.74) is 4.20. The van der Waals surface area contributed by atoms with E-state index < -0.39 is 0 Å². The van der Waals surface area contributed by atoms with E-state index in [4.69, 9.17) is 21.5 Å². The number of nitrogens with zero attached hydrogens (tertiary/aromatic N) is 3. The van der Waals surface area contributed by atoms with Crippen LogP contribution in [0.5, 0.6) is 5.75 Å². The van der Waals surface area contributed by atoms with Crippen molar-refractivity contribution < 1.29 is 9.94 Å². The highest BCUT2D eigenvalue weighted by Gasteiger charge is 2.11. The van der Waals surface area contributed by atoms with Crippen molar-refractivity contribution in [3.8, 4) is 28.7 Å². The zero-order valence-corrected chi connectivity index (χ0v) is 18.4. The van der Waals surface area contributed by atoms with Gasteiger partial charge in [0.15, 0.2) is 0 Å². The van der Waals surface area contributed by atoms with Gasteiger partial charge in [-0.3, -0.25) is 4.90 Å². The van der Waals surface area contributed by atoms with Gasteiger partial charge in [-0.1, -0.05) is 40.9 Å². The van der Waals surface area contributed by atoms with Crippen molar-refractivity contribution in [2.45, 2.75) is 12.8 Å². The van der Waals surface area contributed by atoms with Gasteiger partial charge in [0.25, 0.3) is 0 Å². The molecule has 5 nitrogen and oxygen atoms in total. The molecule has 1 fully saturated rings. The Bertz CT molecular complexity index is 1130. The second-order valence-corrected chi connectivity index (χ2v) is 8.02. The van der Waals surface area contributed by atoms with E-state index in [1.54, 1.807) is 6.20 Å². The van der Waals surface area contributed by atoms with E-state index >= 15 is 0 Å². The summed E-state index contributed by atoms with van der Waals surface area (Å²) in [4.78, 5) is 6.84. The van der Waals surface area contributed by atoms with Gasteiger partial charge in [-0.25, -0.2) is 4.98 Å². The summed E-state index contributed by atoms with van der Waals surface area (Å²) >= 11 is 5.95. The minimum atomic E-state index is 0.598. The molecule has 1 N–H and O–H groups in total. The van der Waals surface area contributed by atoms with E-state index in [9.17, 15) is 0 Å². The molecule has 0 spiro atoms. The molecule has 0 saturated carbocycles. The predicted molar refractivity (Wildman–Crippen MR) is 128 cm³/mol. The number of rotatable bonds is 6. The Kier molecular flexibility index (Phi) is 7.39. The van der Waals surface area contributed by atoms with Gasteiger partial charge in [0.2, 0.25) is 0 Å². The summed E-state index contributed by atoms with van der Waals surface area (Å²) in [5, 5.41) is 12.9. The molecule has 1 aliphatic heterocycles. The fourth-order valence-corrected chi connectivity index (χ4v) is 3.75. The fraction of sp³-hybridized carbons (Fsp3) is 0.231. The lowest BCUT2D eigenvalue weighted by Gasteiger charge is -2.15. The number of oxime groups is 1. The Morgan fingerprint density at radius 2 is 1.81 bits per heavy atom. The first-order valence-electron chi connectivity index (χ1n) is 10.6. The van der Waals surface area contributed by atoms with Gasteiger partial charge < -0.3 is 9.94 Å². The van der Waals surface area contributed by atoms with Crippen LogP contribution < -0.4 is 4.74 Å². The van der Waals surface area contributed by atoms with Gasteiger partial charge in [-0.2, -0.15) is 0 Å². The van der Waals surface area contributed by atoms with Crippen LogP contribution in [-0.4, -0.2) is 47.5 Å². The van der Waals surface area contributed by atoms with Crippen LogP contribution in [-0.2, 0) is 0 Å². The van der Waals surface area contributed by atoms with Crippen LogP contribution in [0.25, 0.3) is 11.1 Å². The van der Waals surface area contributed by atoms with Crippen molar-refractivity contribution in [3.63, 3.8) is 0 Å². The lowest BCUT2D eigenvalue weighted by atomic mass is 10.1. The molecule has 0 aliphatic carbocycles. The molecule has 1 aromatic heterocycles. The van der Waals surface area contributed by atoms with Crippen molar-refractivity contribution in [2.75, 3.05) is 26.2 Å². The molecular formula is C26H24ClN3O2. The molecule has 1 aliphatic rings. The van der Waals surface area contributed by atoms with Crippen LogP contribution >= 0.6 is 11.6 Å². The van der Waals surface area contributed by atoms with Crippen molar-refractivity contribution in [1.82, 2.24) is 9.88 Å². The molecule has 0 radical (unpaired) electrons. The van der Waals surface area contributed by atoms with Crippen molar-refractivity contribution in [2.24, 2.45) is 5.16 Å². The van der Waals surface area contributed by atoms with E-state index in [1.165, 1.54) is 19.1 Å². The maximum atomic E-state index is 9.03. The lowest BCUT2D eigenvalue weighted by molar-refractivity contribution is 0.237. The SMILES string of the molecule is O/N=C/c1cc(C#Cc2ccc(-c3ccc(Cl)cc3)cn2)ccc1OCCN1CCCC1. The first-order valence-corrected chi connectivity index (χ1v) is 11.0. The number of hydrogen-bond donors (Lipinski definition) is 1. The molecule has 0 amide bonds. The Morgan fingerprint density at radius 3 is 2.53 bits per heavy atom. The van der Waals surface area contributed by atoms with Crippen LogP contribution in [0.15, 0.2) is 65.9 Å². The van der Waals surface area contributed by atoms with E-state index in [0.29, 0.717) is 28.6 Å². The molecule has 6 heteroatoms. The Balaban J connectivity index is 1.43. The predicted octanol–water partition coefficient (Wildman–Crippen LogP) is 5.08. The fourth-order valence-electron chi connectivity index (χ4n) is 3.63. The van der Waals surface area contributed by atoms with Gasteiger partial charge in [0.1, 0.15) is 18.1 Å². The summed E-state index contributed by atoms with van der Waals surface area (Å²) in [6, 6.07) is 17.1. The van der Waals surface area contributed by atoms with E-state index in [1.807, 2.05) is 54.6 Å². The third kappa shape index (κ3) is 5.88. The Morgan fingerprint density at radius 1 is 1.03 bits per heavy atom. The quantitative estimate of drug-likeness (QED) is 0.248. The molecule has 1 saturated heterocycles. The van der Waals surface area contributed by atoms with E-state index in [0.717, 1.165) is 36.3 Å². The number of halogens is 1. The molecule has 2 heterocycles. The highest BCUT2D eigenvalue weighted by Crippen LogP contribution is 2.21. The number of pyridine rings is 1. The third-order valence-corrected chi connectivity index (χ3v) is 5.60. The first-order chi connectivity index (χ1) is 15.7. The monoisotopic (exact) mass is 445 g/mol. The summed E-state index contributed by atoms with van der Waals surface area (Å²) in [6.07, 6.45) is 5.69. The second kappa shape index (κ2) is 10.8. The van der Waals surface area contributed by atoms with Crippen molar-refractivity contribution in [1.29, 1.82) is 0 Å². The molecule has 2 aromatic carbocycles. The van der Waals surface area contributed by atoms with Gasteiger partial charge >= 0.3 is 0 Å². The van der Waals surface area contributed by atoms with Gasteiger partial charge in [0.05, 0.1) is 6.21 Å². The Labute approximate surface area is 193 Å². The molecule has 0 bridgehead atoms. The van der Waals surface area contributed by atoms with Gasteiger partial charge in [-0.05, 0) is 73.8 Å². The lowest BCUT2D eigenvalue weighted by Crippen LogP contribution is -2.25. The second-order valence-electron chi connectivity index (χ2n) is 7.58. The molecule has 3 aromatic rings. The maximum absolute atomic E-state index is 9.03. The van der Waals surface area contributed by atoms with E-state index in [2.05, 4.69) is 26.9 Å². The average Bonchev–Trinajstić information content (AvgIpc) is 3.34. The zero-order valence-electron chi connectivity index (χ0n) is 17.7. The molecule has 162 valence electrons. The summed E-state index contributed by atoms with van der Waals surface area (Å²) in [6.45, 7) is 3.77. The average molecular weight is 446 g/mol. The number of aromatic nitrogens is 1. The zero-order chi connectivity index (χ0) is 22.2. The molecule has 0 atom stereocenters. The molecule has 4 rings (SSSR count). The van der Waals surface area contributed by atoms with Crippen LogP contribution in [0.2, 0.25) is 5.02 Å². The summed E-state index contributed by atoms with van der Waals surface area (Å²) < 4.78 is 5.92. The number of benzene rings is 2. The van der Waals surface area contributed by atoms with Crippen molar-refractivity contribution >= 4 is 17.8 Å². The Hall–Kier alpha value is -3.33. The number of ether oxygens (including phenoxy) is 1. The van der Waals surface area contributed by atoms with Crippen LogP contribution in [0.1, 0.15) is 29.7 Å². The third-order valence-electron chi connectivity index (χ3n) is 5.35. The number of hydrogen-bond acceptors (Lipinski definition) is 5. The molecular weight excluding hydrogens is 422 g/mol. The van der Waals surface area contributed by atoms with Crippen molar-refractivity contribution in [3.05, 3.63) is 82.6 Å². The topological polar surface area (TPSA) is 58.0 Å². The van der Waals surface area contributed by atoms with Gasteiger partial charge in [-0.15, -0.1) is 0 Å². The first kappa shape index (κ1) is 21.9. The largest absolute Gasteiger partial charge is 0.492 e.